The fourth-order valence-electron chi connectivity index (χ4n) is 3.70. The molecule has 1 heterocycles. The van der Waals surface area contributed by atoms with Gasteiger partial charge in [0.2, 0.25) is 0 Å². The number of barbiturate groups is 1. The first kappa shape index (κ1) is 25.1. The number of anilines is 1. The number of nitro benzene ring substituents is 1. The molecule has 0 saturated carbocycles. The van der Waals surface area contributed by atoms with E-state index in [0.717, 1.165) is 16.0 Å². The summed E-state index contributed by atoms with van der Waals surface area (Å²) in [5.74, 6) is -0.737. The van der Waals surface area contributed by atoms with Crippen LogP contribution >= 0.6 is 0 Å². The van der Waals surface area contributed by atoms with Crippen LogP contribution in [0.3, 0.4) is 0 Å². The Labute approximate surface area is 212 Å². The fourth-order valence-corrected chi connectivity index (χ4v) is 3.70. The predicted molar refractivity (Wildman–Crippen MR) is 135 cm³/mol. The normalized spacial score (nSPS) is 14.5. The molecule has 0 aromatic heterocycles. The molecule has 0 radical (unpaired) electrons. The van der Waals surface area contributed by atoms with Crippen LogP contribution in [-0.4, -0.2) is 29.4 Å². The Hall–Kier alpha value is -4.99. The van der Waals surface area contributed by atoms with Crippen LogP contribution in [0.5, 0.6) is 11.5 Å². The number of urea groups is 1. The minimum atomic E-state index is -0.817. The number of carbonyl (C=O) groups is 3. The average Bonchev–Trinajstić information content (AvgIpc) is 2.86. The standard InChI is InChI=1S/C27H23N3O7/c1-3-36-24-15-19(9-12-23(24)37-16-18-7-10-20(11-8-18)30(34)35)14-22-25(31)28-27(33)29(26(22)32)21-6-4-5-17(2)13-21/h4-15H,3,16H2,1-2H3,(H,28,31,33)/b22-14+. The van der Waals surface area contributed by atoms with Gasteiger partial charge in [-0.25, -0.2) is 9.69 Å². The number of imide groups is 2. The Kier molecular flexibility index (Phi) is 7.28. The van der Waals surface area contributed by atoms with Gasteiger partial charge in [-0.2, -0.15) is 0 Å². The highest BCUT2D eigenvalue weighted by molar-refractivity contribution is 6.39. The van der Waals surface area contributed by atoms with Gasteiger partial charge in [-0.05, 0) is 73.0 Å². The molecule has 0 aliphatic carbocycles. The average molecular weight is 501 g/mol. The first-order valence-corrected chi connectivity index (χ1v) is 11.4. The lowest BCUT2D eigenvalue weighted by Gasteiger charge is -2.26. The molecule has 0 atom stereocenters. The summed E-state index contributed by atoms with van der Waals surface area (Å²) >= 11 is 0. The van der Waals surface area contributed by atoms with E-state index in [9.17, 15) is 24.5 Å². The minimum absolute atomic E-state index is 0.0138. The van der Waals surface area contributed by atoms with E-state index in [-0.39, 0.29) is 17.9 Å². The highest BCUT2D eigenvalue weighted by atomic mass is 16.6. The van der Waals surface area contributed by atoms with Gasteiger partial charge in [0, 0.05) is 12.1 Å². The molecular formula is C27H23N3O7. The van der Waals surface area contributed by atoms with Gasteiger partial charge in [0.15, 0.2) is 11.5 Å². The number of hydrogen-bond donors (Lipinski definition) is 1. The number of nitrogens with one attached hydrogen (secondary N) is 1. The van der Waals surface area contributed by atoms with Crippen LogP contribution in [-0.2, 0) is 16.2 Å². The topological polar surface area (TPSA) is 128 Å². The summed E-state index contributed by atoms with van der Waals surface area (Å²) < 4.78 is 11.5. The van der Waals surface area contributed by atoms with Crippen molar-refractivity contribution in [2.45, 2.75) is 20.5 Å². The van der Waals surface area contributed by atoms with Gasteiger partial charge >= 0.3 is 6.03 Å². The van der Waals surface area contributed by atoms with Gasteiger partial charge in [0.1, 0.15) is 12.2 Å². The largest absolute Gasteiger partial charge is 0.490 e. The molecule has 10 heteroatoms. The molecule has 3 aromatic carbocycles. The Balaban J connectivity index is 1.58. The zero-order chi connectivity index (χ0) is 26.5. The zero-order valence-electron chi connectivity index (χ0n) is 20.1. The number of amides is 4. The van der Waals surface area contributed by atoms with Crippen LogP contribution in [0.1, 0.15) is 23.6 Å². The quantitative estimate of drug-likeness (QED) is 0.208. The number of benzene rings is 3. The second-order valence-corrected chi connectivity index (χ2v) is 8.15. The van der Waals surface area contributed by atoms with Crippen molar-refractivity contribution < 1.29 is 28.8 Å². The van der Waals surface area contributed by atoms with Crippen molar-refractivity contribution in [3.63, 3.8) is 0 Å². The van der Waals surface area contributed by atoms with Crippen LogP contribution < -0.4 is 19.7 Å². The second-order valence-electron chi connectivity index (χ2n) is 8.15. The van der Waals surface area contributed by atoms with Crippen molar-refractivity contribution in [3.05, 3.63) is 99.1 Å². The Bertz CT molecular complexity index is 1410. The molecule has 188 valence electrons. The fraction of sp³-hybridized carbons (Fsp3) is 0.148. The summed E-state index contributed by atoms with van der Waals surface area (Å²) in [5, 5.41) is 13.0. The van der Waals surface area contributed by atoms with E-state index in [0.29, 0.717) is 29.4 Å². The first-order valence-electron chi connectivity index (χ1n) is 11.4. The molecule has 3 aromatic rings. The third-order valence-corrected chi connectivity index (χ3v) is 5.48. The third kappa shape index (κ3) is 5.64. The number of non-ortho nitro benzene ring substituents is 1. The number of nitrogens with zero attached hydrogens (tertiary/aromatic N) is 2. The van der Waals surface area contributed by atoms with Gasteiger partial charge in [0.05, 0.1) is 17.2 Å². The van der Waals surface area contributed by atoms with Gasteiger partial charge in [-0.1, -0.05) is 18.2 Å². The molecule has 1 fully saturated rings. The Morgan fingerprint density at radius 1 is 0.973 bits per heavy atom. The number of nitro groups is 1. The van der Waals surface area contributed by atoms with Gasteiger partial charge < -0.3 is 9.47 Å². The van der Waals surface area contributed by atoms with E-state index in [1.165, 1.54) is 18.2 Å². The minimum Gasteiger partial charge on any atom is -0.490 e. The summed E-state index contributed by atoms with van der Waals surface area (Å²) in [6.45, 7) is 4.11. The number of ether oxygens (including phenoxy) is 2. The van der Waals surface area contributed by atoms with Gasteiger partial charge in [-0.3, -0.25) is 25.0 Å². The van der Waals surface area contributed by atoms with Gasteiger partial charge in [-0.15, -0.1) is 0 Å². The molecule has 1 aliphatic heterocycles. The summed E-state index contributed by atoms with van der Waals surface area (Å²) in [4.78, 5) is 49.4. The van der Waals surface area contributed by atoms with Crippen LogP contribution in [0.25, 0.3) is 6.08 Å². The van der Waals surface area contributed by atoms with Crippen molar-refractivity contribution in [1.82, 2.24) is 5.32 Å². The highest BCUT2D eigenvalue weighted by Gasteiger charge is 2.36. The zero-order valence-corrected chi connectivity index (χ0v) is 20.1. The third-order valence-electron chi connectivity index (χ3n) is 5.48. The Morgan fingerprint density at radius 2 is 1.73 bits per heavy atom. The maximum absolute atomic E-state index is 13.1. The van der Waals surface area contributed by atoms with Crippen LogP contribution in [0.15, 0.2) is 72.3 Å². The lowest BCUT2D eigenvalue weighted by molar-refractivity contribution is -0.384. The molecule has 10 nitrogen and oxygen atoms in total. The SMILES string of the molecule is CCOc1cc(/C=C2\C(=O)NC(=O)N(c3cccc(C)c3)C2=O)ccc1OCc1ccc([N+](=O)[O-])cc1. The number of hydrogen-bond acceptors (Lipinski definition) is 7. The lowest BCUT2D eigenvalue weighted by Crippen LogP contribution is -2.54. The van der Waals surface area contributed by atoms with Crippen molar-refractivity contribution in [1.29, 1.82) is 0 Å². The van der Waals surface area contributed by atoms with Crippen molar-refractivity contribution in [2.75, 3.05) is 11.5 Å². The van der Waals surface area contributed by atoms with Crippen molar-refractivity contribution >= 4 is 35.3 Å². The molecule has 1 saturated heterocycles. The van der Waals surface area contributed by atoms with E-state index < -0.39 is 22.8 Å². The van der Waals surface area contributed by atoms with E-state index in [4.69, 9.17) is 9.47 Å². The van der Waals surface area contributed by atoms with E-state index in [1.54, 1.807) is 55.5 Å². The number of aryl methyl sites for hydroxylation is 1. The smallest absolute Gasteiger partial charge is 0.335 e. The molecular weight excluding hydrogens is 478 g/mol. The number of carbonyl (C=O) groups excluding carboxylic acids is 3. The first-order chi connectivity index (χ1) is 17.8. The van der Waals surface area contributed by atoms with Crippen molar-refractivity contribution in [2.24, 2.45) is 0 Å². The summed E-state index contributed by atoms with van der Waals surface area (Å²) in [5.41, 5.74) is 2.20. The second kappa shape index (κ2) is 10.7. The molecule has 37 heavy (non-hydrogen) atoms. The summed E-state index contributed by atoms with van der Waals surface area (Å²) in [7, 11) is 0. The van der Waals surface area contributed by atoms with E-state index >= 15 is 0 Å². The molecule has 0 spiro atoms. The Morgan fingerprint density at radius 3 is 2.41 bits per heavy atom. The highest BCUT2D eigenvalue weighted by Crippen LogP contribution is 2.31. The maximum atomic E-state index is 13.1. The summed E-state index contributed by atoms with van der Waals surface area (Å²) in [6, 6.07) is 16.9. The molecule has 0 bridgehead atoms. The molecule has 0 unspecified atom stereocenters. The molecule has 4 rings (SSSR count). The van der Waals surface area contributed by atoms with Crippen molar-refractivity contribution in [3.8, 4) is 11.5 Å². The molecule has 4 amide bonds. The van der Waals surface area contributed by atoms with E-state index in [1.807, 2.05) is 13.0 Å². The summed E-state index contributed by atoms with van der Waals surface area (Å²) in [6.07, 6.45) is 1.38. The molecule has 1 N–H and O–H groups in total. The van der Waals surface area contributed by atoms with Crippen LogP contribution in [0.4, 0.5) is 16.2 Å². The van der Waals surface area contributed by atoms with Crippen LogP contribution in [0, 0.1) is 17.0 Å². The number of rotatable bonds is 8. The lowest BCUT2D eigenvalue weighted by atomic mass is 10.1. The monoisotopic (exact) mass is 501 g/mol. The maximum Gasteiger partial charge on any atom is 0.335 e. The predicted octanol–water partition coefficient (Wildman–Crippen LogP) is 4.55. The van der Waals surface area contributed by atoms with Gasteiger partial charge in [0.25, 0.3) is 17.5 Å². The molecule has 1 aliphatic rings. The van der Waals surface area contributed by atoms with E-state index in [2.05, 4.69) is 5.32 Å². The van der Waals surface area contributed by atoms with Crippen LogP contribution in [0.2, 0.25) is 0 Å².